The van der Waals surface area contributed by atoms with Gasteiger partial charge >= 0.3 is 0 Å². The molecular weight excluding hydrogens is 262 g/mol. The molecular formula is C17H31N3O. The fraction of sp³-hybridized carbons (Fsp3) is 0.882. The van der Waals surface area contributed by atoms with Crippen LogP contribution >= 0.6 is 0 Å². The van der Waals surface area contributed by atoms with Crippen LogP contribution in [-0.4, -0.2) is 29.9 Å². The fourth-order valence-electron chi connectivity index (χ4n) is 3.41. The summed E-state index contributed by atoms with van der Waals surface area (Å²) in [7, 11) is 0. The fourth-order valence-corrected chi connectivity index (χ4v) is 3.41. The number of nitriles is 1. The van der Waals surface area contributed by atoms with Crippen LogP contribution in [0.1, 0.15) is 59.8 Å². The molecule has 0 saturated heterocycles. The second kappa shape index (κ2) is 7.79. The van der Waals surface area contributed by atoms with Crippen molar-refractivity contribution in [3.05, 3.63) is 0 Å². The number of carbonyl (C=O) groups excluding carboxylic acids is 1. The Hall–Kier alpha value is -1.08. The summed E-state index contributed by atoms with van der Waals surface area (Å²) in [6.45, 7) is 10.1. The molecule has 0 radical (unpaired) electrons. The van der Waals surface area contributed by atoms with Gasteiger partial charge in [0.25, 0.3) is 0 Å². The standard InChI is InChI=1S/C17H31N3O/c1-5-6-9-20(12-16(19)21)15-10-14(17(2,3)4)8-7-13(15)11-18/h13-15H,5-10,12H2,1-4H3,(H2,19,21). The van der Waals surface area contributed by atoms with Gasteiger partial charge in [0, 0.05) is 6.04 Å². The van der Waals surface area contributed by atoms with Gasteiger partial charge in [0.2, 0.25) is 5.91 Å². The van der Waals surface area contributed by atoms with Gasteiger partial charge in [-0.05, 0) is 43.6 Å². The maximum absolute atomic E-state index is 11.4. The van der Waals surface area contributed by atoms with E-state index in [0.29, 0.717) is 5.92 Å². The molecule has 1 aliphatic rings. The first-order valence-corrected chi connectivity index (χ1v) is 8.21. The molecule has 0 aliphatic heterocycles. The van der Waals surface area contributed by atoms with Crippen molar-refractivity contribution in [3.8, 4) is 6.07 Å². The van der Waals surface area contributed by atoms with Crippen molar-refractivity contribution in [2.24, 2.45) is 23.0 Å². The summed E-state index contributed by atoms with van der Waals surface area (Å²) in [6, 6.07) is 2.64. The van der Waals surface area contributed by atoms with Gasteiger partial charge in [-0.2, -0.15) is 5.26 Å². The van der Waals surface area contributed by atoms with E-state index in [1.54, 1.807) is 0 Å². The van der Waals surface area contributed by atoms with Crippen LogP contribution in [0.2, 0.25) is 0 Å². The normalized spacial score (nSPS) is 26.6. The maximum Gasteiger partial charge on any atom is 0.231 e. The zero-order valence-electron chi connectivity index (χ0n) is 14.1. The SMILES string of the molecule is CCCCN(CC(N)=O)C1CC(C(C)(C)C)CCC1C#N. The Morgan fingerprint density at radius 2 is 2.05 bits per heavy atom. The average Bonchev–Trinajstić information content (AvgIpc) is 2.41. The number of nitrogens with two attached hydrogens (primary N) is 1. The van der Waals surface area contributed by atoms with Gasteiger partial charge in [-0.25, -0.2) is 0 Å². The second-order valence-corrected chi connectivity index (χ2v) is 7.47. The lowest BCUT2D eigenvalue weighted by Crippen LogP contribution is -2.49. The van der Waals surface area contributed by atoms with Crippen molar-refractivity contribution in [1.82, 2.24) is 4.90 Å². The third kappa shape index (κ3) is 5.32. The minimum absolute atomic E-state index is 0.0276. The number of carbonyl (C=O) groups is 1. The van der Waals surface area contributed by atoms with Crippen molar-refractivity contribution in [1.29, 1.82) is 5.26 Å². The van der Waals surface area contributed by atoms with Gasteiger partial charge in [0.15, 0.2) is 0 Å². The van der Waals surface area contributed by atoms with Crippen LogP contribution in [0.3, 0.4) is 0 Å². The molecule has 2 N–H and O–H groups in total. The summed E-state index contributed by atoms with van der Waals surface area (Å²) >= 11 is 0. The molecule has 3 atom stereocenters. The predicted molar refractivity (Wildman–Crippen MR) is 85.4 cm³/mol. The van der Waals surface area contributed by atoms with E-state index < -0.39 is 0 Å². The molecule has 1 aliphatic carbocycles. The molecule has 0 aromatic heterocycles. The van der Waals surface area contributed by atoms with Gasteiger partial charge in [-0.15, -0.1) is 0 Å². The Kier molecular flexibility index (Phi) is 6.67. The first-order chi connectivity index (χ1) is 9.79. The van der Waals surface area contributed by atoms with Crippen LogP contribution in [0, 0.1) is 28.6 Å². The maximum atomic E-state index is 11.4. The number of rotatable bonds is 6. The van der Waals surface area contributed by atoms with Crippen molar-refractivity contribution in [2.45, 2.75) is 65.8 Å². The van der Waals surface area contributed by atoms with Crippen LogP contribution in [0.4, 0.5) is 0 Å². The molecule has 120 valence electrons. The minimum atomic E-state index is -0.291. The molecule has 0 bridgehead atoms. The Labute approximate surface area is 129 Å². The molecule has 4 heteroatoms. The van der Waals surface area contributed by atoms with Crippen molar-refractivity contribution in [2.75, 3.05) is 13.1 Å². The number of primary amides is 1. The Morgan fingerprint density at radius 1 is 1.38 bits per heavy atom. The third-order valence-corrected chi connectivity index (χ3v) is 4.83. The van der Waals surface area contributed by atoms with E-state index in [1.165, 1.54) is 0 Å². The number of unbranched alkanes of at least 4 members (excludes halogenated alkanes) is 1. The van der Waals surface area contributed by atoms with E-state index in [1.807, 2.05) is 0 Å². The largest absolute Gasteiger partial charge is 0.369 e. The summed E-state index contributed by atoms with van der Waals surface area (Å²) in [4.78, 5) is 13.6. The lowest BCUT2D eigenvalue weighted by Gasteiger charge is -2.44. The monoisotopic (exact) mass is 293 g/mol. The highest BCUT2D eigenvalue weighted by molar-refractivity contribution is 5.76. The van der Waals surface area contributed by atoms with E-state index in [-0.39, 0.29) is 29.8 Å². The van der Waals surface area contributed by atoms with E-state index >= 15 is 0 Å². The van der Waals surface area contributed by atoms with Crippen molar-refractivity contribution >= 4 is 5.91 Å². The number of nitrogens with zero attached hydrogens (tertiary/aromatic N) is 2. The van der Waals surface area contributed by atoms with Gasteiger partial charge < -0.3 is 5.73 Å². The molecule has 21 heavy (non-hydrogen) atoms. The smallest absolute Gasteiger partial charge is 0.231 e. The van der Waals surface area contributed by atoms with Gasteiger partial charge in [0.05, 0.1) is 18.5 Å². The lowest BCUT2D eigenvalue weighted by atomic mass is 9.67. The summed E-state index contributed by atoms with van der Waals surface area (Å²) in [6.07, 6.45) is 5.17. The van der Waals surface area contributed by atoms with Crippen LogP contribution in [0.15, 0.2) is 0 Å². The van der Waals surface area contributed by atoms with Crippen LogP contribution < -0.4 is 5.73 Å². The summed E-state index contributed by atoms with van der Waals surface area (Å²) in [5.41, 5.74) is 5.67. The van der Waals surface area contributed by atoms with Gasteiger partial charge in [-0.3, -0.25) is 9.69 Å². The van der Waals surface area contributed by atoms with E-state index in [4.69, 9.17) is 5.73 Å². The van der Waals surface area contributed by atoms with Gasteiger partial charge in [-0.1, -0.05) is 34.1 Å². The van der Waals surface area contributed by atoms with Gasteiger partial charge in [0.1, 0.15) is 0 Å². The quantitative estimate of drug-likeness (QED) is 0.818. The zero-order chi connectivity index (χ0) is 16.0. The molecule has 4 nitrogen and oxygen atoms in total. The van der Waals surface area contributed by atoms with Crippen LogP contribution in [-0.2, 0) is 4.79 Å². The molecule has 1 fully saturated rings. The molecule has 0 aromatic carbocycles. The zero-order valence-corrected chi connectivity index (χ0v) is 14.1. The summed E-state index contributed by atoms with van der Waals surface area (Å²) < 4.78 is 0. The Balaban J connectivity index is 2.87. The first kappa shape index (κ1) is 18.0. The van der Waals surface area contributed by atoms with Crippen molar-refractivity contribution < 1.29 is 4.79 Å². The number of hydrogen-bond donors (Lipinski definition) is 1. The minimum Gasteiger partial charge on any atom is -0.369 e. The number of amides is 1. The van der Waals surface area contributed by atoms with Crippen LogP contribution in [0.5, 0.6) is 0 Å². The number of hydrogen-bond acceptors (Lipinski definition) is 3. The molecule has 1 amide bonds. The lowest BCUT2D eigenvalue weighted by molar-refractivity contribution is -0.120. The highest BCUT2D eigenvalue weighted by Gasteiger charge is 2.38. The average molecular weight is 293 g/mol. The predicted octanol–water partition coefficient (Wildman–Crippen LogP) is 2.93. The summed E-state index contributed by atoms with van der Waals surface area (Å²) in [5, 5.41) is 9.47. The molecule has 0 aromatic rings. The third-order valence-electron chi connectivity index (χ3n) is 4.83. The van der Waals surface area contributed by atoms with E-state index in [9.17, 15) is 10.1 Å². The highest BCUT2D eigenvalue weighted by atomic mass is 16.1. The van der Waals surface area contributed by atoms with E-state index in [2.05, 4.69) is 38.7 Å². The highest BCUT2D eigenvalue weighted by Crippen LogP contribution is 2.41. The molecule has 0 heterocycles. The Bertz CT molecular complexity index is 380. The second-order valence-electron chi connectivity index (χ2n) is 7.47. The summed E-state index contributed by atoms with van der Waals surface area (Å²) in [5.74, 6) is 0.338. The van der Waals surface area contributed by atoms with Crippen molar-refractivity contribution in [3.63, 3.8) is 0 Å². The molecule has 3 unspecified atom stereocenters. The van der Waals surface area contributed by atoms with Crippen LogP contribution in [0.25, 0.3) is 0 Å². The van der Waals surface area contributed by atoms with E-state index in [0.717, 1.165) is 38.6 Å². The molecule has 1 saturated carbocycles. The Morgan fingerprint density at radius 3 is 2.52 bits per heavy atom. The molecule has 1 rings (SSSR count). The topological polar surface area (TPSA) is 70.1 Å². The molecule has 0 spiro atoms. The first-order valence-electron chi connectivity index (χ1n) is 8.21.